The second-order valence-corrected chi connectivity index (χ2v) is 3.14. The number of hydrogen-bond donors (Lipinski definition) is 0. The Morgan fingerprint density at radius 3 is 2.62 bits per heavy atom. The second-order valence-electron chi connectivity index (χ2n) is 1.46. The van der Waals surface area contributed by atoms with Gasteiger partial charge in [-0.25, -0.2) is 0 Å². The molecular formula is C4H4ClNOS. The summed E-state index contributed by atoms with van der Waals surface area (Å²) in [5, 5.41) is 0.312. The molecule has 1 unspecified atom stereocenters. The van der Waals surface area contributed by atoms with Crippen molar-refractivity contribution in [1.82, 2.24) is 0 Å². The number of nitrogens with zero attached hydrogens (tertiary/aromatic N) is 1. The summed E-state index contributed by atoms with van der Waals surface area (Å²) in [6.07, 6.45) is 0. The van der Waals surface area contributed by atoms with Crippen LogP contribution in [0.2, 0.25) is 0 Å². The number of carbonyl (C=O) groups is 1. The van der Waals surface area contributed by atoms with Gasteiger partial charge in [0, 0.05) is 0 Å². The molecule has 0 radical (unpaired) electrons. The van der Waals surface area contributed by atoms with E-state index in [0.717, 1.165) is 11.8 Å². The predicted molar refractivity (Wildman–Crippen MR) is 35.7 cm³/mol. The van der Waals surface area contributed by atoms with E-state index in [1.807, 2.05) is 6.92 Å². The number of thioether (sulfide) groups is 1. The average Bonchev–Trinajstić information content (AvgIpc) is 1.85. The second kappa shape index (κ2) is 2.07. The molecule has 8 heavy (non-hydrogen) atoms. The highest BCUT2D eigenvalue weighted by Gasteiger charge is 2.21. The third kappa shape index (κ3) is 1.03. The van der Waals surface area contributed by atoms with Crippen LogP contribution in [0.15, 0.2) is 4.99 Å². The zero-order valence-electron chi connectivity index (χ0n) is 4.22. The predicted octanol–water partition coefficient (Wildman–Crippen LogP) is 1.88. The maximum Gasteiger partial charge on any atom is 0.306 e. The molecule has 0 aliphatic carbocycles. The van der Waals surface area contributed by atoms with E-state index in [4.69, 9.17) is 11.6 Å². The summed E-state index contributed by atoms with van der Waals surface area (Å²) in [5.41, 5.74) is 0. The summed E-state index contributed by atoms with van der Waals surface area (Å²) >= 11 is 6.62. The maximum absolute atomic E-state index is 10.4. The standard InChI is InChI=1S/C4H4ClNOS/c1-2-3(5)6-4(7)8-2/h2H,1H3. The Balaban J connectivity index is 2.73. The van der Waals surface area contributed by atoms with Crippen LogP contribution in [-0.2, 0) is 0 Å². The molecule has 0 aromatic carbocycles. The van der Waals surface area contributed by atoms with Crippen LogP contribution in [0.25, 0.3) is 0 Å². The molecule has 0 fully saturated rings. The first kappa shape index (κ1) is 6.11. The third-order valence-corrected chi connectivity index (χ3v) is 2.22. The Kier molecular flexibility index (Phi) is 1.58. The van der Waals surface area contributed by atoms with Gasteiger partial charge >= 0.3 is 5.24 Å². The van der Waals surface area contributed by atoms with Crippen molar-refractivity contribution < 1.29 is 4.79 Å². The van der Waals surface area contributed by atoms with Crippen molar-refractivity contribution in [3.05, 3.63) is 0 Å². The van der Waals surface area contributed by atoms with Gasteiger partial charge in [0.1, 0.15) is 5.17 Å². The van der Waals surface area contributed by atoms with Gasteiger partial charge < -0.3 is 0 Å². The molecular weight excluding hydrogens is 146 g/mol. The first-order valence-electron chi connectivity index (χ1n) is 2.15. The van der Waals surface area contributed by atoms with Crippen LogP contribution >= 0.6 is 23.4 Å². The fraction of sp³-hybridized carbons (Fsp3) is 0.500. The van der Waals surface area contributed by atoms with E-state index >= 15 is 0 Å². The summed E-state index contributed by atoms with van der Waals surface area (Å²) in [7, 11) is 0. The Labute approximate surface area is 56.3 Å². The highest BCUT2D eigenvalue weighted by molar-refractivity contribution is 8.15. The smallest absolute Gasteiger partial charge is 0.259 e. The summed E-state index contributed by atoms with van der Waals surface area (Å²) in [5.74, 6) is 0. The zero-order chi connectivity index (χ0) is 6.15. The van der Waals surface area contributed by atoms with E-state index in [9.17, 15) is 4.79 Å². The quantitative estimate of drug-likeness (QED) is 0.526. The summed E-state index contributed by atoms with van der Waals surface area (Å²) < 4.78 is 0. The first-order valence-corrected chi connectivity index (χ1v) is 3.40. The van der Waals surface area contributed by atoms with E-state index in [1.54, 1.807) is 0 Å². The molecule has 1 aliphatic rings. The van der Waals surface area contributed by atoms with Crippen molar-refractivity contribution in [3.63, 3.8) is 0 Å². The molecule has 0 N–H and O–H groups in total. The van der Waals surface area contributed by atoms with Crippen LogP contribution < -0.4 is 0 Å². The topological polar surface area (TPSA) is 29.4 Å². The molecule has 0 saturated carbocycles. The molecule has 1 atom stereocenters. The van der Waals surface area contributed by atoms with Crippen LogP contribution in [0.5, 0.6) is 0 Å². The van der Waals surface area contributed by atoms with E-state index in [-0.39, 0.29) is 10.5 Å². The van der Waals surface area contributed by atoms with Gasteiger partial charge in [0.2, 0.25) is 0 Å². The molecule has 0 spiro atoms. The van der Waals surface area contributed by atoms with E-state index in [2.05, 4.69) is 4.99 Å². The van der Waals surface area contributed by atoms with Gasteiger partial charge in [-0.1, -0.05) is 23.4 Å². The molecule has 1 heterocycles. The monoisotopic (exact) mass is 149 g/mol. The molecule has 44 valence electrons. The minimum Gasteiger partial charge on any atom is -0.259 e. The lowest BCUT2D eigenvalue weighted by Gasteiger charge is -1.91. The largest absolute Gasteiger partial charge is 0.306 e. The number of amides is 1. The van der Waals surface area contributed by atoms with Gasteiger partial charge in [0.05, 0.1) is 5.25 Å². The number of aliphatic imine (C=N–C) groups is 1. The van der Waals surface area contributed by atoms with Crippen molar-refractivity contribution in [3.8, 4) is 0 Å². The summed E-state index contributed by atoms with van der Waals surface area (Å²) in [6.45, 7) is 1.85. The average molecular weight is 150 g/mol. The number of carbonyl (C=O) groups excluding carboxylic acids is 1. The van der Waals surface area contributed by atoms with Gasteiger partial charge in [-0.05, 0) is 6.92 Å². The molecule has 0 saturated heterocycles. The van der Waals surface area contributed by atoms with Crippen molar-refractivity contribution in [1.29, 1.82) is 0 Å². The molecule has 4 heteroatoms. The van der Waals surface area contributed by atoms with Crippen LogP contribution in [-0.4, -0.2) is 15.7 Å². The molecule has 1 amide bonds. The number of hydrogen-bond acceptors (Lipinski definition) is 2. The molecule has 2 nitrogen and oxygen atoms in total. The lowest BCUT2D eigenvalue weighted by atomic mass is 10.5. The van der Waals surface area contributed by atoms with Gasteiger partial charge in [0.25, 0.3) is 0 Å². The summed E-state index contributed by atoms with van der Waals surface area (Å²) in [6, 6.07) is 0. The van der Waals surface area contributed by atoms with E-state index in [1.165, 1.54) is 0 Å². The van der Waals surface area contributed by atoms with Gasteiger partial charge in [0.15, 0.2) is 0 Å². The van der Waals surface area contributed by atoms with E-state index < -0.39 is 0 Å². The Bertz CT molecular complexity index is 156. The third-order valence-electron chi connectivity index (χ3n) is 0.811. The van der Waals surface area contributed by atoms with Crippen LogP contribution in [0.4, 0.5) is 4.79 Å². The van der Waals surface area contributed by atoms with E-state index in [0.29, 0.717) is 5.17 Å². The Morgan fingerprint density at radius 1 is 1.88 bits per heavy atom. The minimum atomic E-state index is -0.178. The van der Waals surface area contributed by atoms with Gasteiger partial charge in [-0.3, -0.25) is 4.79 Å². The van der Waals surface area contributed by atoms with Gasteiger partial charge in [-0.2, -0.15) is 4.99 Å². The molecule has 1 aliphatic heterocycles. The lowest BCUT2D eigenvalue weighted by Crippen LogP contribution is -1.98. The maximum atomic E-state index is 10.4. The highest BCUT2D eigenvalue weighted by Crippen LogP contribution is 2.23. The fourth-order valence-electron chi connectivity index (χ4n) is 0.404. The van der Waals surface area contributed by atoms with Crippen LogP contribution in [0.3, 0.4) is 0 Å². The molecule has 1 rings (SSSR count). The number of rotatable bonds is 0. The zero-order valence-corrected chi connectivity index (χ0v) is 5.79. The Morgan fingerprint density at radius 2 is 2.50 bits per heavy atom. The normalized spacial score (nSPS) is 28.5. The van der Waals surface area contributed by atoms with Gasteiger partial charge in [-0.15, -0.1) is 0 Å². The molecule has 0 aromatic heterocycles. The Hall–Kier alpha value is -0.0200. The van der Waals surface area contributed by atoms with Crippen LogP contribution in [0, 0.1) is 0 Å². The van der Waals surface area contributed by atoms with Crippen LogP contribution in [0.1, 0.15) is 6.92 Å². The highest BCUT2D eigenvalue weighted by atomic mass is 35.5. The lowest BCUT2D eigenvalue weighted by molar-refractivity contribution is 0.268. The van der Waals surface area contributed by atoms with Crippen molar-refractivity contribution in [2.75, 3.05) is 0 Å². The fourth-order valence-corrected chi connectivity index (χ4v) is 1.27. The SMILES string of the molecule is CC1SC(=O)N=C1Cl. The van der Waals surface area contributed by atoms with Crippen molar-refractivity contribution in [2.24, 2.45) is 4.99 Å². The van der Waals surface area contributed by atoms with Crippen molar-refractivity contribution in [2.45, 2.75) is 12.2 Å². The molecule has 0 aromatic rings. The summed E-state index contributed by atoms with van der Waals surface area (Å²) in [4.78, 5) is 13.8. The molecule has 0 bridgehead atoms. The van der Waals surface area contributed by atoms with Crippen molar-refractivity contribution >= 4 is 33.8 Å². The first-order chi connectivity index (χ1) is 3.70. The minimum absolute atomic E-state index is 0.0733. The number of halogens is 1.